The van der Waals surface area contributed by atoms with Crippen molar-refractivity contribution < 1.29 is 14.7 Å². The molecule has 0 atom stereocenters. The quantitative estimate of drug-likeness (QED) is 0.319. The van der Waals surface area contributed by atoms with E-state index in [-0.39, 0.29) is 18.0 Å². The largest absolute Gasteiger partial charge is 0.393 e. The second-order valence-corrected chi connectivity index (χ2v) is 10.1. The standard InChI is InChI=1S/C29H31ClN6O3/c1-31-29(39)36-14-8-21-15-26(24(30)17-25(21)36)34(2)22-7-11-32-27(16-22)33-28(38)20-5-3-19(4-6-20)18-35-12-9-23(37)10-13-35/h3-8,11,14-17,23,37H,9-10,12-13,18H2,1-2H3,(H,31,39)(H,32,33,38). The number of anilines is 3. The Bertz CT molecular complexity index is 1490. The van der Waals surface area contributed by atoms with Gasteiger partial charge in [-0.15, -0.1) is 0 Å². The number of rotatable bonds is 6. The zero-order valence-electron chi connectivity index (χ0n) is 21.9. The highest BCUT2D eigenvalue weighted by Crippen LogP contribution is 2.35. The number of hydrogen-bond acceptors (Lipinski definition) is 6. The molecule has 2 aromatic carbocycles. The zero-order chi connectivity index (χ0) is 27.5. The molecule has 1 fully saturated rings. The molecular formula is C29H31ClN6O3. The number of carbonyl (C=O) groups excluding carboxylic acids is 2. The lowest BCUT2D eigenvalue weighted by atomic mass is 10.1. The number of aromatic nitrogens is 2. The molecule has 0 unspecified atom stereocenters. The summed E-state index contributed by atoms with van der Waals surface area (Å²) in [5, 5.41) is 16.5. The van der Waals surface area contributed by atoms with Gasteiger partial charge in [0.1, 0.15) is 5.82 Å². The molecule has 1 aliphatic heterocycles. The summed E-state index contributed by atoms with van der Waals surface area (Å²) in [5.41, 5.74) is 3.92. The Balaban J connectivity index is 1.27. The van der Waals surface area contributed by atoms with Crippen molar-refractivity contribution >= 4 is 51.6 Å². The third-order valence-electron chi connectivity index (χ3n) is 7.10. The molecule has 1 saturated heterocycles. The fourth-order valence-corrected chi connectivity index (χ4v) is 5.11. The van der Waals surface area contributed by atoms with Crippen molar-refractivity contribution in [2.75, 3.05) is 37.4 Å². The van der Waals surface area contributed by atoms with Gasteiger partial charge in [-0.05, 0) is 54.8 Å². The molecular weight excluding hydrogens is 516 g/mol. The van der Waals surface area contributed by atoms with Crippen LogP contribution in [0.4, 0.5) is 22.0 Å². The van der Waals surface area contributed by atoms with Gasteiger partial charge in [0.2, 0.25) is 0 Å². The van der Waals surface area contributed by atoms with Crippen molar-refractivity contribution in [3.8, 4) is 0 Å². The fourth-order valence-electron chi connectivity index (χ4n) is 4.82. The number of nitrogens with one attached hydrogen (secondary N) is 2. The van der Waals surface area contributed by atoms with Gasteiger partial charge in [-0.1, -0.05) is 23.7 Å². The highest BCUT2D eigenvalue weighted by molar-refractivity contribution is 6.34. The number of piperidine rings is 1. The van der Waals surface area contributed by atoms with Crippen LogP contribution in [0.15, 0.2) is 67.0 Å². The third kappa shape index (κ3) is 5.90. The molecule has 202 valence electrons. The molecule has 0 saturated carbocycles. The number of carbonyl (C=O) groups is 2. The van der Waals surface area contributed by atoms with E-state index in [9.17, 15) is 14.7 Å². The van der Waals surface area contributed by atoms with E-state index in [1.54, 1.807) is 31.6 Å². The number of halogens is 1. The molecule has 3 N–H and O–H groups in total. The van der Waals surface area contributed by atoms with E-state index < -0.39 is 0 Å². The minimum atomic E-state index is -0.245. The summed E-state index contributed by atoms with van der Waals surface area (Å²) in [6.45, 7) is 2.55. The van der Waals surface area contributed by atoms with Gasteiger partial charge in [-0.3, -0.25) is 14.3 Å². The number of aliphatic hydroxyl groups excluding tert-OH is 1. The molecule has 39 heavy (non-hydrogen) atoms. The van der Waals surface area contributed by atoms with Crippen molar-refractivity contribution in [3.05, 3.63) is 83.1 Å². The van der Waals surface area contributed by atoms with Gasteiger partial charge in [-0.25, -0.2) is 9.78 Å². The smallest absolute Gasteiger partial charge is 0.325 e. The van der Waals surface area contributed by atoms with Crippen molar-refractivity contribution in [1.82, 2.24) is 19.8 Å². The predicted molar refractivity (Wildman–Crippen MR) is 154 cm³/mol. The Morgan fingerprint density at radius 1 is 1.10 bits per heavy atom. The summed E-state index contributed by atoms with van der Waals surface area (Å²) in [6.07, 6.45) is 4.74. The van der Waals surface area contributed by atoms with Crippen LogP contribution >= 0.6 is 11.6 Å². The second-order valence-electron chi connectivity index (χ2n) is 9.72. The van der Waals surface area contributed by atoms with Crippen LogP contribution in [0.5, 0.6) is 0 Å². The Kier molecular flexibility index (Phi) is 7.83. The Morgan fingerprint density at radius 2 is 1.85 bits per heavy atom. The zero-order valence-corrected chi connectivity index (χ0v) is 22.7. The molecule has 1 aliphatic rings. The molecule has 10 heteroatoms. The van der Waals surface area contributed by atoms with Crippen molar-refractivity contribution in [2.24, 2.45) is 0 Å². The van der Waals surface area contributed by atoms with Gasteiger partial charge in [0.25, 0.3) is 5.91 Å². The number of benzene rings is 2. The molecule has 0 radical (unpaired) electrons. The lowest BCUT2D eigenvalue weighted by Crippen LogP contribution is -2.35. The summed E-state index contributed by atoms with van der Waals surface area (Å²) in [6, 6.07) is 16.5. The highest BCUT2D eigenvalue weighted by Gasteiger charge is 2.18. The Labute approximate surface area is 232 Å². The summed E-state index contributed by atoms with van der Waals surface area (Å²) < 4.78 is 1.51. The van der Waals surface area contributed by atoms with E-state index in [0.717, 1.165) is 54.8 Å². The first kappa shape index (κ1) is 26.7. The lowest BCUT2D eigenvalue weighted by molar-refractivity contribution is 0.0792. The maximum atomic E-state index is 12.9. The Hall–Kier alpha value is -3.92. The number of aliphatic hydroxyl groups is 1. The number of fused-ring (bicyclic) bond motifs is 1. The molecule has 3 heterocycles. The van der Waals surface area contributed by atoms with E-state index >= 15 is 0 Å². The summed E-state index contributed by atoms with van der Waals surface area (Å²) in [7, 11) is 3.46. The van der Waals surface area contributed by atoms with Crippen LogP contribution in [0.1, 0.15) is 28.8 Å². The summed E-state index contributed by atoms with van der Waals surface area (Å²) >= 11 is 6.62. The first-order valence-electron chi connectivity index (χ1n) is 12.9. The molecule has 5 rings (SSSR count). The topological polar surface area (TPSA) is 103 Å². The average Bonchev–Trinajstić information content (AvgIpc) is 3.36. The number of nitrogens with zero attached hydrogens (tertiary/aromatic N) is 4. The van der Waals surface area contributed by atoms with E-state index in [1.165, 1.54) is 4.57 Å². The molecule has 2 amide bonds. The minimum absolute atomic E-state index is 0.192. The highest BCUT2D eigenvalue weighted by atomic mass is 35.5. The third-order valence-corrected chi connectivity index (χ3v) is 7.41. The van der Waals surface area contributed by atoms with Crippen LogP contribution in [-0.2, 0) is 6.54 Å². The molecule has 4 aromatic rings. The van der Waals surface area contributed by atoms with Gasteiger partial charge >= 0.3 is 6.03 Å². The first-order chi connectivity index (χ1) is 18.8. The maximum absolute atomic E-state index is 12.9. The van der Waals surface area contributed by atoms with Crippen LogP contribution in [0, 0.1) is 0 Å². The average molecular weight is 547 g/mol. The Morgan fingerprint density at radius 3 is 2.56 bits per heavy atom. The fraction of sp³-hybridized carbons (Fsp3) is 0.276. The SMILES string of the molecule is CNC(=O)n1ccc2cc(N(C)c3ccnc(NC(=O)c4ccc(CN5CCC(O)CC5)cc4)c3)c(Cl)cc21. The summed E-state index contributed by atoms with van der Waals surface area (Å²) in [5.74, 6) is 0.174. The second kappa shape index (κ2) is 11.4. The van der Waals surface area contributed by atoms with Crippen molar-refractivity contribution in [2.45, 2.75) is 25.5 Å². The predicted octanol–water partition coefficient (Wildman–Crippen LogP) is 4.85. The number of hydrogen-bond donors (Lipinski definition) is 3. The van der Waals surface area contributed by atoms with E-state index in [2.05, 4.69) is 20.5 Å². The lowest BCUT2D eigenvalue weighted by Gasteiger charge is -2.29. The minimum Gasteiger partial charge on any atom is -0.393 e. The maximum Gasteiger partial charge on any atom is 0.325 e. The van der Waals surface area contributed by atoms with Gasteiger partial charge in [-0.2, -0.15) is 0 Å². The normalized spacial score (nSPS) is 14.4. The van der Waals surface area contributed by atoms with Crippen LogP contribution in [-0.4, -0.2) is 64.8 Å². The molecule has 2 aromatic heterocycles. The number of pyridine rings is 1. The molecule has 0 bridgehead atoms. The number of likely N-dealkylation sites (tertiary alicyclic amines) is 1. The van der Waals surface area contributed by atoms with E-state index in [4.69, 9.17) is 11.6 Å². The van der Waals surface area contributed by atoms with Crippen LogP contribution in [0.25, 0.3) is 10.9 Å². The first-order valence-corrected chi connectivity index (χ1v) is 13.2. The van der Waals surface area contributed by atoms with Crippen LogP contribution in [0.3, 0.4) is 0 Å². The van der Waals surface area contributed by atoms with E-state index in [0.29, 0.717) is 21.9 Å². The molecule has 9 nitrogen and oxygen atoms in total. The van der Waals surface area contributed by atoms with E-state index in [1.807, 2.05) is 54.4 Å². The molecule has 0 aliphatic carbocycles. The van der Waals surface area contributed by atoms with Crippen molar-refractivity contribution in [3.63, 3.8) is 0 Å². The number of amides is 2. The molecule has 0 spiro atoms. The van der Waals surface area contributed by atoms with Gasteiger partial charge in [0.15, 0.2) is 0 Å². The van der Waals surface area contributed by atoms with Gasteiger partial charge in [0.05, 0.1) is 22.3 Å². The van der Waals surface area contributed by atoms with Gasteiger partial charge < -0.3 is 20.6 Å². The summed E-state index contributed by atoms with van der Waals surface area (Å²) in [4.78, 5) is 33.6. The monoisotopic (exact) mass is 546 g/mol. The van der Waals surface area contributed by atoms with Gasteiger partial charge in [0, 0.05) is 68.8 Å². The van der Waals surface area contributed by atoms with Crippen molar-refractivity contribution in [1.29, 1.82) is 0 Å². The van der Waals surface area contributed by atoms with Crippen LogP contribution < -0.4 is 15.5 Å². The van der Waals surface area contributed by atoms with Crippen LogP contribution in [0.2, 0.25) is 5.02 Å².